The number of carbonyl (C=O) groups is 1. The second-order valence-corrected chi connectivity index (χ2v) is 4.35. The van der Waals surface area contributed by atoms with Crippen LogP contribution in [0.15, 0.2) is 18.2 Å². The first-order valence-electron chi connectivity index (χ1n) is 4.91. The van der Waals surface area contributed by atoms with E-state index in [-0.39, 0.29) is 18.6 Å². The van der Waals surface area contributed by atoms with Gasteiger partial charge in [0.15, 0.2) is 0 Å². The Hall–Kier alpha value is -0.770. The zero-order valence-corrected chi connectivity index (χ0v) is 10.3. The van der Waals surface area contributed by atoms with E-state index in [4.69, 9.17) is 28.3 Å². The highest BCUT2D eigenvalue weighted by Crippen LogP contribution is 2.20. The molecule has 1 aromatic carbocycles. The minimum absolute atomic E-state index is 0.0375. The molecular weight excluding hydrogens is 249 g/mol. The van der Waals surface area contributed by atoms with Crippen molar-refractivity contribution in [2.24, 2.45) is 0 Å². The molecule has 5 heteroatoms. The molecule has 2 N–H and O–H groups in total. The number of aliphatic hydroxyl groups is 1. The maximum Gasteiger partial charge on any atom is 0.253 e. The first-order valence-corrected chi connectivity index (χ1v) is 5.67. The molecule has 0 aliphatic rings. The number of carbonyl (C=O) groups excluding carboxylic acids is 1. The van der Waals surface area contributed by atoms with Gasteiger partial charge in [0.25, 0.3) is 5.91 Å². The van der Waals surface area contributed by atoms with Crippen LogP contribution in [0.1, 0.15) is 23.7 Å². The Kier molecular flexibility index (Phi) is 5.06. The van der Waals surface area contributed by atoms with E-state index in [0.29, 0.717) is 22.0 Å². The summed E-state index contributed by atoms with van der Waals surface area (Å²) in [5, 5.41) is 12.3. The molecule has 0 fully saturated rings. The van der Waals surface area contributed by atoms with Crippen LogP contribution in [0.25, 0.3) is 0 Å². The first kappa shape index (κ1) is 13.3. The summed E-state index contributed by atoms with van der Waals surface area (Å²) in [6.07, 6.45) is 0.511. The lowest BCUT2D eigenvalue weighted by molar-refractivity contribution is 0.0934. The predicted octanol–water partition coefficient (Wildman–Crippen LogP) is 2.49. The number of amides is 1. The number of halogens is 2. The van der Waals surface area contributed by atoms with Gasteiger partial charge in [-0.2, -0.15) is 0 Å². The topological polar surface area (TPSA) is 49.3 Å². The third kappa shape index (κ3) is 3.67. The maximum atomic E-state index is 11.7. The van der Waals surface area contributed by atoms with E-state index in [2.05, 4.69) is 5.32 Å². The average Bonchev–Trinajstić information content (AvgIpc) is 2.17. The second-order valence-electron chi connectivity index (χ2n) is 3.51. The molecule has 88 valence electrons. The van der Waals surface area contributed by atoms with Gasteiger partial charge in [-0.25, -0.2) is 0 Å². The van der Waals surface area contributed by atoms with Crippen LogP contribution in [0, 0.1) is 0 Å². The summed E-state index contributed by atoms with van der Waals surface area (Å²) in [5.74, 6) is -0.261. The molecule has 1 amide bonds. The summed E-state index contributed by atoms with van der Waals surface area (Å²) in [6, 6.07) is 4.61. The molecule has 0 saturated carbocycles. The van der Waals surface area contributed by atoms with Crippen LogP contribution in [-0.2, 0) is 0 Å². The summed E-state index contributed by atoms with van der Waals surface area (Å²) < 4.78 is 0. The average molecular weight is 262 g/mol. The molecule has 1 unspecified atom stereocenters. The summed E-state index contributed by atoms with van der Waals surface area (Å²) in [5.41, 5.74) is 0.385. The highest BCUT2D eigenvalue weighted by atomic mass is 35.5. The fourth-order valence-electron chi connectivity index (χ4n) is 1.24. The molecule has 0 bridgehead atoms. The Labute approximate surface area is 104 Å². The number of aliphatic hydroxyl groups excluding tert-OH is 1. The zero-order chi connectivity index (χ0) is 12.1. The van der Waals surface area contributed by atoms with Crippen molar-refractivity contribution in [3.63, 3.8) is 0 Å². The Morgan fingerprint density at radius 1 is 1.50 bits per heavy atom. The number of rotatable bonds is 4. The van der Waals surface area contributed by atoms with Gasteiger partial charge in [-0.1, -0.05) is 23.2 Å². The third-order valence-electron chi connectivity index (χ3n) is 2.12. The lowest BCUT2D eigenvalue weighted by Gasteiger charge is -2.13. The number of hydrogen-bond donors (Lipinski definition) is 2. The summed E-state index contributed by atoms with van der Waals surface area (Å²) >= 11 is 11.6. The fourth-order valence-corrected chi connectivity index (χ4v) is 1.74. The van der Waals surface area contributed by atoms with E-state index in [9.17, 15) is 4.79 Å². The van der Waals surface area contributed by atoms with E-state index in [1.807, 2.05) is 6.92 Å². The van der Waals surface area contributed by atoms with Crippen molar-refractivity contribution in [3.8, 4) is 0 Å². The number of nitrogens with one attached hydrogen (secondary N) is 1. The molecule has 0 aliphatic heterocycles. The first-order chi connectivity index (χ1) is 7.54. The van der Waals surface area contributed by atoms with Gasteiger partial charge >= 0.3 is 0 Å². The Bertz CT molecular complexity index is 382. The largest absolute Gasteiger partial charge is 0.396 e. The van der Waals surface area contributed by atoms with Gasteiger partial charge in [-0.3, -0.25) is 4.79 Å². The molecule has 16 heavy (non-hydrogen) atoms. The lowest BCUT2D eigenvalue weighted by atomic mass is 10.2. The molecule has 0 radical (unpaired) electrons. The molecule has 0 heterocycles. The normalized spacial score (nSPS) is 12.2. The van der Waals surface area contributed by atoms with Crippen molar-refractivity contribution in [1.29, 1.82) is 0 Å². The molecule has 1 atom stereocenters. The quantitative estimate of drug-likeness (QED) is 0.875. The van der Waals surface area contributed by atoms with Crippen LogP contribution in [0.5, 0.6) is 0 Å². The molecular formula is C11H13Cl2NO2. The predicted molar refractivity (Wildman–Crippen MR) is 65.1 cm³/mol. The van der Waals surface area contributed by atoms with E-state index in [1.54, 1.807) is 12.1 Å². The van der Waals surface area contributed by atoms with E-state index in [0.717, 1.165) is 0 Å². The highest BCUT2D eigenvalue weighted by molar-refractivity contribution is 6.36. The second kappa shape index (κ2) is 6.09. The van der Waals surface area contributed by atoms with Crippen molar-refractivity contribution < 1.29 is 9.90 Å². The van der Waals surface area contributed by atoms with Gasteiger partial charge in [-0.05, 0) is 31.5 Å². The smallest absolute Gasteiger partial charge is 0.253 e. The van der Waals surface area contributed by atoms with E-state index < -0.39 is 0 Å². The Balaban J connectivity index is 2.73. The summed E-state index contributed by atoms with van der Waals surface area (Å²) in [6.45, 7) is 1.85. The maximum absolute atomic E-state index is 11.7. The summed E-state index contributed by atoms with van der Waals surface area (Å²) in [7, 11) is 0. The van der Waals surface area contributed by atoms with E-state index >= 15 is 0 Å². The van der Waals surface area contributed by atoms with Gasteiger partial charge < -0.3 is 10.4 Å². The van der Waals surface area contributed by atoms with Crippen LogP contribution in [0.2, 0.25) is 10.0 Å². The van der Waals surface area contributed by atoms with Gasteiger partial charge in [0.1, 0.15) is 0 Å². The highest BCUT2D eigenvalue weighted by Gasteiger charge is 2.12. The van der Waals surface area contributed by atoms with Crippen molar-refractivity contribution in [2.75, 3.05) is 6.61 Å². The zero-order valence-electron chi connectivity index (χ0n) is 8.84. The minimum atomic E-state index is -0.261. The van der Waals surface area contributed by atoms with Crippen LogP contribution in [0.4, 0.5) is 0 Å². The number of hydrogen-bond acceptors (Lipinski definition) is 2. The van der Waals surface area contributed by atoms with Crippen LogP contribution in [0.3, 0.4) is 0 Å². The van der Waals surface area contributed by atoms with Crippen LogP contribution < -0.4 is 5.32 Å². The van der Waals surface area contributed by atoms with Gasteiger partial charge in [0.2, 0.25) is 0 Å². The van der Waals surface area contributed by atoms with E-state index in [1.165, 1.54) is 6.07 Å². The molecule has 1 rings (SSSR count). The van der Waals surface area contributed by atoms with Crippen molar-refractivity contribution in [3.05, 3.63) is 33.8 Å². The van der Waals surface area contributed by atoms with Crippen molar-refractivity contribution in [2.45, 2.75) is 19.4 Å². The van der Waals surface area contributed by atoms with Gasteiger partial charge in [0.05, 0.1) is 10.6 Å². The SMILES string of the molecule is CC(CCO)NC(=O)c1ccc(Cl)cc1Cl. The van der Waals surface area contributed by atoms with Gasteiger partial charge in [-0.15, -0.1) is 0 Å². The lowest BCUT2D eigenvalue weighted by Crippen LogP contribution is -2.33. The molecule has 0 aliphatic carbocycles. The molecule has 3 nitrogen and oxygen atoms in total. The van der Waals surface area contributed by atoms with Crippen molar-refractivity contribution in [1.82, 2.24) is 5.32 Å². The fraction of sp³-hybridized carbons (Fsp3) is 0.364. The monoisotopic (exact) mass is 261 g/mol. The van der Waals surface area contributed by atoms with Crippen LogP contribution in [-0.4, -0.2) is 23.7 Å². The van der Waals surface area contributed by atoms with Gasteiger partial charge in [0, 0.05) is 17.7 Å². The van der Waals surface area contributed by atoms with Crippen LogP contribution >= 0.6 is 23.2 Å². The minimum Gasteiger partial charge on any atom is -0.396 e. The Morgan fingerprint density at radius 2 is 2.19 bits per heavy atom. The number of benzene rings is 1. The van der Waals surface area contributed by atoms with Crippen molar-refractivity contribution >= 4 is 29.1 Å². The molecule has 0 aromatic heterocycles. The third-order valence-corrected chi connectivity index (χ3v) is 2.66. The Morgan fingerprint density at radius 3 is 2.75 bits per heavy atom. The summed E-state index contributed by atoms with van der Waals surface area (Å²) in [4.78, 5) is 11.7. The molecule has 0 spiro atoms. The standard InChI is InChI=1S/C11H13Cl2NO2/c1-7(4-5-15)14-11(16)9-3-2-8(12)6-10(9)13/h2-3,6-7,15H,4-5H2,1H3,(H,14,16). The molecule has 1 aromatic rings. The molecule has 0 saturated heterocycles.